The molecule has 1 N–H and O–H groups in total. The number of ether oxygens (including phenoxy) is 1. The van der Waals surface area contributed by atoms with E-state index in [9.17, 15) is 8.42 Å². The van der Waals surface area contributed by atoms with Gasteiger partial charge < -0.3 is 9.64 Å². The number of sulfonamides is 1. The van der Waals surface area contributed by atoms with Crippen LogP contribution in [0.15, 0.2) is 24.3 Å². The van der Waals surface area contributed by atoms with Gasteiger partial charge in [-0.15, -0.1) is 0 Å². The van der Waals surface area contributed by atoms with Crippen LogP contribution < -0.4 is 4.72 Å². The van der Waals surface area contributed by atoms with Crippen molar-refractivity contribution in [3.8, 4) is 0 Å². The summed E-state index contributed by atoms with van der Waals surface area (Å²) in [5, 5.41) is -0.410. The fourth-order valence-electron chi connectivity index (χ4n) is 2.32. The van der Waals surface area contributed by atoms with Gasteiger partial charge in [0.25, 0.3) is 0 Å². The molecule has 1 atom stereocenters. The Bertz CT molecular complexity index is 554. The van der Waals surface area contributed by atoms with Gasteiger partial charge in [0, 0.05) is 19.7 Å². The maximum atomic E-state index is 12.1. The lowest BCUT2D eigenvalue weighted by molar-refractivity contribution is 0.198. The van der Waals surface area contributed by atoms with E-state index in [2.05, 4.69) is 35.7 Å². The van der Waals surface area contributed by atoms with Crippen LogP contribution in [-0.2, 0) is 27.8 Å². The quantitative estimate of drug-likeness (QED) is 0.825. The molecule has 0 radical (unpaired) electrons. The Balaban J connectivity index is 1.95. The molecule has 0 spiro atoms. The van der Waals surface area contributed by atoms with E-state index in [1.807, 2.05) is 12.1 Å². The Morgan fingerprint density at radius 1 is 1.38 bits per heavy atom. The summed E-state index contributed by atoms with van der Waals surface area (Å²) in [7, 11) is -1.22. The molecule has 1 aromatic rings. The molecule has 0 amide bonds. The van der Waals surface area contributed by atoms with Crippen molar-refractivity contribution < 1.29 is 13.2 Å². The van der Waals surface area contributed by atoms with E-state index in [-0.39, 0.29) is 0 Å². The first-order chi connectivity index (χ1) is 10.0. The normalized spacial score (nSPS) is 19.3. The molecule has 1 aromatic carbocycles. The van der Waals surface area contributed by atoms with Crippen molar-refractivity contribution in [1.29, 1.82) is 0 Å². The predicted octanol–water partition coefficient (Wildman–Crippen LogP) is 1.35. The summed E-state index contributed by atoms with van der Waals surface area (Å²) < 4.78 is 32.1. The highest BCUT2D eigenvalue weighted by molar-refractivity contribution is 7.90. The van der Waals surface area contributed by atoms with E-state index in [0.717, 1.165) is 18.7 Å². The van der Waals surface area contributed by atoms with Gasteiger partial charge in [-0.1, -0.05) is 31.2 Å². The maximum absolute atomic E-state index is 12.1. The van der Waals surface area contributed by atoms with Gasteiger partial charge in [-0.25, -0.2) is 13.1 Å². The molecular weight excluding hydrogens is 288 g/mol. The largest absolute Gasteiger partial charge is 0.380 e. The highest BCUT2D eigenvalue weighted by Crippen LogP contribution is 2.14. The van der Waals surface area contributed by atoms with Gasteiger partial charge in [0.2, 0.25) is 10.0 Å². The predicted molar refractivity (Wildman–Crippen MR) is 83.4 cm³/mol. The number of hydrogen-bond donors (Lipinski definition) is 1. The summed E-state index contributed by atoms with van der Waals surface area (Å²) in [5.41, 5.74) is 2.18. The molecule has 1 unspecified atom stereocenters. The summed E-state index contributed by atoms with van der Waals surface area (Å²) in [4.78, 5) is 2.21. The highest BCUT2D eigenvalue weighted by Gasteiger charge is 2.29. The first-order valence-electron chi connectivity index (χ1n) is 7.34. The molecule has 1 saturated heterocycles. The third kappa shape index (κ3) is 4.78. The van der Waals surface area contributed by atoms with Crippen LogP contribution in [0.3, 0.4) is 0 Å². The second kappa shape index (κ2) is 7.35. The fourth-order valence-corrected chi connectivity index (χ4v) is 3.61. The van der Waals surface area contributed by atoms with E-state index in [1.165, 1.54) is 5.56 Å². The summed E-state index contributed by atoms with van der Waals surface area (Å²) in [6.07, 6.45) is 0.580. The van der Waals surface area contributed by atoms with Crippen molar-refractivity contribution in [3.05, 3.63) is 35.4 Å². The Morgan fingerprint density at radius 2 is 2.14 bits per heavy atom. The molecule has 0 bridgehead atoms. The van der Waals surface area contributed by atoms with Crippen molar-refractivity contribution in [1.82, 2.24) is 9.62 Å². The van der Waals surface area contributed by atoms with Gasteiger partial charge in [-0.05, 0) is 31.1 Å². The molecule has 1 heterocycles. The molecule has 1 aliphatic rings. The monoisotopic (exact) mass is 312 g/mol. The zero-order chi connectivity index (χ0) is 15.3. The van der Waals surface area contributed by atoms with Crippen LogP contribution in [0.1, 0.15) is 24.5 Å². The van der Waals surface area contributed by atoms with Crippen molar-refractivity contribution in [3.63, 3.8) is 0 Å². The molecule has 1 aliphatic heterocycles. The molecule has 6 heteroatoms. The van der Waals surface area contributed by atoms with E-state index >= 15 is 0 Å². The van der Waals surface area contributed by atoms with Crippen molar-refractivity contribution >= 4 is 10.0 Å². The van der Waals surface area contributed by atoms with Crippen LogP contribution >= 0.6 is 0 Å². The molecule has 2 rings (SSSR count). The lowest BCUT2D eigenvalue weighted by Crippen LogP contribution is -2.34. The third-order valence-electron chi connectivity index (χ3n) is 3.79. The standard InChI is InChI=1S/C15H24N2O3S/c1-3-17(2)11-14-6-4-5-13(9-14)10-16-21(18,19)15-7-8-20-12-15/h4-6,9,15-16H,3,7-8,10-12H2,1-2H3. The van der Waals surface area contributed by atoms with E-state index in [0.29, 0.717) is 26.2 Å². The molecule has 118 valence electrons. The number of nitrogens with one attached hydrogen (secondary N) is 1. The zero-order valence-corrected chi connectivity index (χ0v) is 13.5. The number of nitrogens with zero attached hydrogens (tertiary/aromatic N) is 1. The van der Waals surface area contributed by atoms with Gasteiger partial charge in [-0.2, -0.15) is 0 Å². The van der Waals surface area contributed by atoms with Crippen LogP contribution in [0.4, 0.5) is 0 Å². The first kappa shape index (κ1) is 16.4. The Kier molecular flexibility index (Phi) is 5.75. The van der Waals surface area contributed by atoms with Gasteiger partial charge in [0.05, 0.1) is 6.61 Å². The van der Waals surface area contributed by atoms with E-state index < -0.39 is 15.3 Å². The van der Waals surface area contributed by atoms with Crippen molar-refractivity contribution in [2.75, 3.05) is 26.8 Å². The van der Waals surface area contributed by atoms with Crippen molar-refractivity contribution in [2.24, 2.45) is 0 Å². The Labute approximate surface area is 127 Å². The van der Waals surface area contributed by atoms with Gasteiger partial charge >= 0.3 is 0 Å². The van der Waals surface area contributed by atoms with Gasteiger partial charge in [-0.3, -0.25) is 0 Å². The fraction of sp³-hybridized carbons (Fsp3) is 0.600. The van der Waals surface area contributed by atoms with Gasteiger partial charge in [0.15, 0.2) is 0 Å². The Hall–Kier alpha value is -0.950. The average Bonchev–Trinajstić information content (AvgIpc) is 3.00. The molecule has 21 heavy (non-hydrogen) atoms. The lowest BCUT2D eigenvalue weighted by atomic mass is 10.1. The number of benzene rings is 1. The van der Waals surface area contributed by atoms with Crippen LogP contribution in [-0.4, -0.2) is 45.4 Å². The van der Waals surface area contributed by atoms with Crippen LogP contribution in [0.2, 0.25) is 0 Å². The summed E-state index contributed by atoms with van der Waals surface area (Å²) in [6.45, 7) is 5.14. The van der Waals surface area contributed by atoms with Crippen molar-refractivity contribution in [2.45, 2.75) is 31.7 Å². The third-order valence-corrected chi connectivity index (χ3v) is 5.58. The minimum Gasteiger partial charge on any atom is -0.380 e. The molecule has 0 aliphatic carbocycles. The van der Waals surface area contributed by atoms with Crippen LogP contribution in [0.25, 0.3) is 0 Å². The van der Waals surface area contributed by atoms with E-state index in [4.69, 9.17) is 4.74 Å². The second-order valence-corrected chi connectivity index (χ2v) is 7.55. The molecule has 0 saturated carbocycles. The van der Waals surface area contributed by atoms with Crippen LogP contribution in [0, 0.1) is 0 Å². The minimum atomic E-state index is -3.28. The van der Waals surface area contributed by atoms with Crippen LogP contribution in [0.5, 0.6) is 0 Å². The summed E-state index contributed by atoms with van der Waals surface area (Å²) >= 11 is 0. The average molecular weight is 312 g/mol. The smallest absolute Gasteiger partial charge is 0.217 e. The molecular formula is C15H24N2O3S. The zero-order valence-electron chi connectivity index (χ0n) is 12.7. The van der Waals surface area contributed by atoms with Gasteiger partial charge in [0.1, 0.15) is 5.25 Å². The highest BCUT2D eigenvalue weighted by atomic mass is 32.2. The van der Waals surface area contributed by atoms with E-state index in [1.54, 1.807) is 0 Å². The maximum Gasteiger partial charge on any atom is 0.217 e. The lowest BCUT2D eigenvalue weighted by Gasteiger charge is -2.15. The first-order valence-corrected chi connectivity index (χ1v) is 8.88. The molecule has 1 fully saturated rings. The second-order valence-electron chi connectivity index (χ2n) is 5.50. The minimum absolute atomic E-state index is 0.302. The topological polar surface area (TPSA) is 58.6 Å². The SMILES string of the molecule is CCN(C)Cc1cccc(CNS(=O)(=O)C2CCOC2)c1. The summed E-state index contributed by atoms with van der Waals surface area (Å²) in [6, 6.07) is 8.04. The number of hydrogen-bond acceptors (Lipinski definition) is 4. The summed E-state index contributed by atoms with van der Waals surface area (Å²) in [5.74, 6) is 0. The number of rotatable bonds is 7. The Morgan fingerprint density at radius 3 is 2.81 bits per heavy atom. The molecule has 0 aromatic heterocycles. The molecule has 5 nitrogen and oxygen atoms in total.